The van der Waals surface area contributed by atoms with E-state index in [9.17, 15) is 14.3 Å². The lowest BCUT2D eigenvalue weighted by molar-refractivity contribution is 0.0698. The first-order chi connectivity index (χ1) is 18.8. The number of carbonyl (C=O) groups is 1. The molecule has 0 aliphatic carbocycles. The zero-order valence-corrected chi connectivity index (χ0v) is 22.8. The van der Waals surface area contributed by atoms with Crippen LogP contribution < -0.4 is 5.32 Å². The molecule has 5 aromatic rings. The number of thioether (sulfide) groups is 1. The third kappa shape index (κ3) is 5.78. The quantitative estimate of drug-likeness (QED) is 0.181. The highest BCUT2D eigenvalue weighted by molar-refractivity contribution is 7.99. The van der Waals surface area contributed by atoms with Crippen molar-refractivity contribution in [3.63, 3.8) is 0 Å². The van der Waals surface area contributed by atoms with Gasteiger partial charge in [-0.25, -0.2) is 9.18 Å². The molecule has 196 valence electrons. The fourth-order valence-corrected chi connectivity index (χ4v) is 5.60. The summed E-state index contributed by atoms with van der Waals surface area (Å²) in [5.74, 6) is -1.14. The molecule has 0 saturated carbocycles. The Balaban J connectivity index is 1.69. The van der Waals surface area contributed by atoms with Crippen molar-refractivity contribution in [3.8, 4) is 17.1 Å². The maximum atomic E-state index is 14.2. The Hall–Kier alpha value is -3.85. The van der Waals surface area contributed by atoms with Gasteiger partial charge in [0.15, 0.2) is 11.0 Å². The number of carboxylic acids is 1. The van der Waals surface area contributed by atoms with Crippen molar-refractivity contribution in [2.45, 2.75) is 10.4 Å². The summed E-state index contributed by atoms with van der Waals surface area (Å²) in [6, 6.07) is 26.1. The lowest BCUT2D eigenvalue weighted by Gasteiger charge is -2.19. The number of aromatic nitrogens is 3. The number of hydrogen-bond acceptors (Lipinski definition) is 5. The van der Waals surface area contributed by atoms with Crippen LogP contribution in [0.2, 0.25) is 10.0 Å². The van der Waals surface area contributed by atoms with Gasteiger partial charge >= 0.3 is 5.97 Å². The predicted octanol–water partition coefficient (Wildman–Crippen LogP) is 8.00. The fraction of sp³-hybridized carbons (Fsp3) is 0.0690. The van der Waals surface area contributed by atoms with Crippen LogP contribution in [0.15, 0.2) is 96.2 Å². The molecule has 0 radical (unpaired) electrons. The second-order valence-electron chi connectivity index (χ2n) is 8.54. The first-order valence-corrected chi connectivity index (χ1v) is 13.4. The summed E-state index contributed by atoms with van der Waals surface area (Å²) in [6.45, 7) is 0. The third-order valence-corrected chi connectivity index (χ3v) is 7.81. The molecule has 10 heteroatoms. The predicted molar refractivity (Wildman–Crippen MR) is 154 cm³/mol. The van der Waals surface area contributed by atoms with Gasteiger partial charge in [0.2, 0.25) is 0 Å². The van der Waals surface area contributed by atoms with Crippen LogP contribution in [0.4, 0.5) is 10.1 Å². The van der Waals surface area contributed by atoms with Crippen molar-refractivity contribution in [2.24, 2.45) is 0 Å². The Morgan fingerprint density at radius 1 is 0.923 bits per heavy atom. The van der Waals surface area contributed by atoms with Gasteiger partial charge in [0.25, 0.3) is 0 Å². The smallest absolute Gasteiger partial charge is 0.337 e. The van der Waals surface area contributed by atoms with Crippen LogP contribution in [0.5, 0.6) is 0 Å². The van der Waals surface area contributed by atoms with E-state index in [-0.39, 0.29) is 10.8 Å². The number of halogens is 3. The highest BCUT2D eigenvalue weighted by atomic mass is 35.5. The fourth-order valence-electron chi connectivity index (χ4n) is 4.17. The van der Waals surface area contributed by atoms with Crippen molar-refractivity contribution >= 4 is 46.6 Å². The molecule has 4 aromatic carbocycles. The summed E-state index contributed by atoms with van der Waals surface area (Å²) in [4.78, 5) is 12.0. The van der Waals surface area contributed by atoms with Crippen LogP contribution in [-0.4, -0.2) is 32.9 Å². The first-order valence-electron chi connectivity index (χ1n) is 11.8. The molecule has 0 amide bonds. The van der Waals surface area contributed by atoms with Crippen molar-refractivity contribution in [2.75, 3.05) is 12.4 Å². The number of nitrogens with one attached hydrogen (secondary N) is 1. The molecular weight excluding hydrogens is 558 g/mol. The van der Waals surface area contributed by atoms with E-state index >= 15 is 0 Å². The van der Waals surface area contributed by atoms with Gasteiger partial charge < -0.3 is 10.4 Å². The average molecular weight is 579 g/mol. The molecule has 0 atom stereocenters. The topological polar surface area (TPSA) is 80.0 Å². The molecule has 1 heterocycles. The summed E-state index contributed by atoms with van der Waals surface area (Å²) in [6.07, 6.45) is 0. The number of anilines is 1. The maximum absolute atomic E-state index is 14.2. The Bertz CT molecular complexity index is 1600. The Morgan fingerprint density at radius 2 is 1.56 bits per heavy atom. The molecule has 5 rings (SSSR count). The number of carboxylic acid groups (broad SMARTS) is 1. The van der Waals surface area contributed by atoms with Gasteiger partial charge in [0.1, 0.15) is 5.82 Å². The van der Waals surface area contributed by atoms with Gasteiger partial charge in [0, 0.05) is 28.3 Å². The molecule has 0 spiro atoms. The number of hydrogen-bond donors (Lipinski definition) is 2. The van der Waals surface area contributed by atoms with Crippen molar-refractivity contribution in [1.82, 2.24) is 14.8 Å². The summed E-state index contributed by atoms with van der Waals surface area (Å²) >= 11 is 13.7. The Labute approximate surface area is 238 Å². The minimum atomic E-state index is -1.09. The van der Waals surface area contributed by atoms with Crippen LogP contribution in [0, 0.1) is 5.82 Å². The van der Waals surface area contributed by atoms with Gasteiger partial charge in [-0.3, -0.25) is 4.57 Å². The van der Waals surface area contributed by atoms with Crippen LogP contribution in [0.1, 0.15) is 26.7 Å². The normalized spacial score (nSPS) is 11.1. The monoisotopic (exact) mass is 578 g/mol. The largest absolute Gasteiger partial charge is 0.478 e. The van der Waals surface area contributed by atoms with Crippen LogP contribution in [0.25, 0.3) is 17.1 Å². The van der Waals surface area contributed by atoms with E-state index in [0.717, 1.165) is 11.1 Å². The Morgan fingerprint density at radius 3 is 2.13 bits per heavy atom. The second-order valence-corrected chi connectivity index (χ2v) is 10.5. The van der Waals surface area contributed by atoms with E-state index in [1.54, 1.807) is 41.9 Å². The molecule has 1 aromatic heterocycles. The summed E-state index contributed by atoms with van der Waals surface area (Å²) in [5, 5.41) is 23.1. The first kappa shape index (κ1) is 26.7. The van der Waals surface area contributed by atoms with Gasteiger partial charge in [-0.15, -0.1) is 10.2 Å². The lowest BCUT2D eigenvalue weighted by atomic mass is 10.0. The van der Waals surface area contributed by atoms with Gasteiger partial charge in [0.05, 0.1) is 16.5 Å². The number of benzene rings is 4. The number of nitrogens with zero attached hydrogens (tertiary/aromatic N) is 3. The minimum Gasteiger partial charge on any atom is -0.478 e. The SMILES string of the molecule is CNc1ccc(-n2c(SC(c3ccc(Cl)cc3)c3ccc(Cl)cc3)nnc2-c2cccc(F)c2)cc1C(=O)O. The zero-order chi connectivity index (χ0) is 27.5. The van der Waals surface area contributed by atoms with Gasteiger partial charge in [-0.1, -0.05) is 71.4 Å². The second kappa shape index (κ2) is 11.5. The molecule has 6 nitrogen and oxygen atoms in total. The van der Waals surface area contributed by atoms with Crippen molar-refractivity contribution < 1.29 is 14.3 Å². The summed E-state index contributed by atoms with van der Waals surface area (Å²) in [7, 11) is 1.66. The highest BCUT2D eigenvalue weighted by Gasteiger charge is 2.24. The molecule has 0 aliphatic heterocycles. The van der Waals surface area contributed by atoms with Gasteiger partial charge in [-0.2, -0.15) is 0 Å². The van der Waals surface area contributed by atoms with E-state index in [0.29, 0.717) is 38.0 Å². The molecule has 0 saturated heterocycles. The molecule has 0 bridgehead atoms. The third-order valence-electron chi connectivity index (χ3n) is 6.05. The highest BCUT2D eigenvalue weighted by Crippen LogP contribution is 2.42. The van der Waals surface area contributed by atoms with Crippen LogP contribution in [0.3, 0.4) is 0 Å². The zero-order valence-electron chi connectivity index (χ0n) is 20.5. The maximum Gasteiger partial charge on any atom is 0.337 e. The molecule has 0 fully saturated rings. The molecule has 0 unspecified atom stereocenters. The van der Waals surface area contributed by atoms with Crippen molar-refractivity contribution in [1.29, 1.82) is 0 Å². The van der Waals surface area contributed by atoms with E-state index in [1.165, 1.54) is 23.9 Å². The summed E-state index contributed by atoms with van der Waals surface area (Å²) in [5.41, 5.74) is 3.48. The van der Waals surface area contributed by atoms with E-state index in [1.807, 2.05) is 48.5 Å². The minimum absolute atomic E-state index is 0.0804. The van der Waals surface area contributed by atoms with Crippen LogP contribution in [-0.2, 0) is 0 Å². The van der Waals surface area contributed by atoms with Gasteiger partial charge in [-0.05, 0) is 65.7 Å². The molecule has 0 aliphatic rings. The van der Waals surface area contributed by atoms with E-state index < -0.39 is 11.8 Å². The molecule has 2 N–H and O–H groups in total. The molecule has 39 heavy (non-hydrogen) atoms. The van der Waals surface area contributed by atoms with Crippen LogP contribution >= 0.6 is 35.0 Å². The van der Waals surface area contributed by atoms with E-state index in [2.05, 4.69) is 15.5 Å². The lowest BCUT2D eigenvalue weighted by Crippen LogP contribution is -2.07. The molecular formula is C29H21Cl2FN4O2S. The number of aromatic carboxylic acids is 1. The standard InChI is InChI=1S/C29H21Cl2FN4O2S/c1-33-25-14-13-23(16-24(25)28(37)38)36-27(19-3-2-4-22(32)15-19)34-35-29(36)39-26(17-5-9-20(30)10-6-17)18-7-11-21(31)12-8-18/h2-16,26,33H,1H3,(H,37,38). The number of rotatable bonds is 8. The average Bonchev–Trinajstić information content (AvgIpc) is 3.36. The van der Waals surface area contributed by atoms with Crippen molar-refractivity contribution in [3.05, 3.63) is 124 Å². The van der Waals surface area contributed by atoms with E-state index in [4.69, 9.17) is 23.2 Å². The Kier molecular flexibility index (Phi) is 7.88. The summed E-state index contributed by atoms with van der Waals surface area (Å²) < 4.78 is 16.0.